The average molecular weight is 445 g/mol. The minimum atomic E-state index is -2.87. The fourth-order valence-corrected chi connectivity index (χ4v) is 4.04. The summed E-state index contributed by atoms with van der Waals surface area (Å²) in [4.78, 5) is 25.2. The molecule has 1 aromatic carbocycles. The number of rotatable bonds is 6. The first-order valence-corrected chi connectivity index (χ1v) is 10.8. The Labute approximate surface area is 177 Å². The first kappa shape index (κ1) is 24.0. The summed E-state index contributed by atoms with van der Waals surface area (Å²) in [5, 5.41) is 0. The molecule has 1 heterocycles. The van der Waals surface area contributed by atoms with E-state index in [9.17, 15) is 22.4 Å². The van der Waals surface area contributed by atoms with Crippen LogP contribution in [0, 0.1) is 5.82 Å². The lowest BCUT2D eigenvalue weighted by molar-refractivity contribution is 0.0179. The molecule has 0 saturated carbocycles. The van der Waals surface area contributed by atoms with E-state index in [2.05, 4.69) is 0 Å². The van der Waals surface area contributed by atoms with Gasteiger partial charge in [-0.25, -0.2) is 27.8 Å². The Morgan fingerprint density at radius 1 is 1.30 bits per heavy atom. The second-order valence-electron chi connectivity index (χ2n) is 8.13. The van der Waals surface area contributed by atoms with Crippen molar-refractivity contribution in [2.24, 2.45) is 5.84 Å². The number of benzene rings is 1. The second-order valence-corrected chi connectivity index (χ2v) is 9.12. The molecule has 0 bridgehead atoms. The third-order valence-electron chi connectivity index (χ3n) is 4.80. The van der Waals surface area contributed by atoms with Gasteiger partial charge in [0.15, 0.2) is 0 Å². The van der Waals surface area contributed by atoms with Crippen LogP contribution in [0.4, 0.5) is 9.18 Å². The maximum atomic E-state index is 14.3. The van der Waals surface area contributed by atoms with Gasteiger partial charge in [0.05, 0.1) is 0 Å². The molecule has 1 fully saturated rings. The SMILES string of the molecule is CC(C)(C)OC(=O)N1CCC(N(CCc2ccc(C(=O)NN)cc2F)[SH](=O)=O)CC1. The molecule has 1 aliphatic rings. The molecule has 0 unspecified atom stereocenters. The molecule has 3 N–H and O–H groups in total. The monoisotopic (exact) mass is 444 g/mol. The lowest BCUT2D eigenvalue weighted by atomic mass is 10.0. The molecule has 0 spiro atoms. The van der Waals surface area contributed by atoms with Crippen LogP contribution in [0.15, 0.2) is 18.2 Å². The topological polar surface area (TPSA) is 122 Å². The lowest BCUT2D eigenvalue weighted by Crippen LogP contribution is -2.48. The molecule has 0 radical (unpaired) electrons. The van der Waals surface area contributed by atoms with Crippen LogP contribution in [-0.4, -0.2) is 60.9 Å². The van der Waals surface area contributed by atoms with Crippen molar-refractivity contribution in [3.05, 3.63) is 35.1 Å². The summed E-state index contributed by atoms with van der Waals surface area (Å²) in [5.41, 5.74) is 1.72. The summed E-state index contributed by atoms with van der Waals surface area (Å²) < 4.78 is 44.5. The summed E-state index contributed by atoms with van der Waals surface area (Å²) in [6, 6.07) is 3.68. The number of nitrogens with zero attached hydrogens (tertiary/aromatic N) is 2. The standard InChI is InChI=1S/C19H29FN4O5S/c1-19(2,3)29-18(26)23-9-7-15(8-10-23)24(30(27)28)11-6-13-4-5-14(12-16(13)20)17(25)22-21/h4-5,12,15,30H,6-11,21H2,1-3H3,(H,22,25). The highest BCUT2D eigenvalue weighted by Crippen LogP contribution is 2.20. The summed E-state index contributed by atoms with van der Waals surface area (Å²) in [7, 11) is -2.87. The highest BCUT2D eigenvalue weighted by atomic mass is 32.2. The van der Waals surface area contributed by atoms with E-state index in [1.54, 1.807) is 25.7 Å². The van der Waals surface area contributed by atoms with Crippen molar-refractivity contribution in [1.29, 1.82) is 0 Å². The Balaban J connectivity index is 1.96. The molecule has 0 aromatic heterocycles. The van der Waals surface area contributed by atoms with E-state index in [-0.39, 0.29) is 24.6 Å². The van der Waals surface area contributed by atoms with Gasteiger partial charge < -0.3 is 9.64 Å². The molecule has 1 aromatic rings. The van der Waals surface area contributed by atoms with E-state index in [4.69, 9.17) is 10.6 Å². The number of amides is 2. The third kappa shape index (κ3) is 6.64. The Kier molecular flexibility index (Phi) is 8.16. The highest BCUT2D eigenvalue weighted by Gasteiger charge is 2.30. The van der Waals surface area contributed by atoms with Crippen LogP contribution < -0.4 is 11.3 Å². The van der Waals surface area contributed by atoms with Gasteiger partial charge in [0, 0.05) is 31.2 Å². The van der Waals surface area contributed by atoms with Gasteiger partial charge >= 0.3 is 6.09 Å². The first-order chi connectivity index (χ1) is 14.0. The molecule has 168 valence electrons. The zero-order chi connectivity index (χ0) is 22.5. The smallest absolute Gasteiger partial charge is 0.410 e. The Morgan fingerprint density at radius 2 is 1.93 bits per heavy atom. The van der Waals surface area contributed by atoms with E-state index >= 15 is 0 Å². The number of thiol groups is 1. The minimum Gasteiger partial charge on any atom is -0.444 e. The molecule has 2 rings (SSSR count). The Bertz CT molecular complexity index is 840. The zero-order valence-corrected chi connectivity index (χ0v) is 18.3. The summed E-state index contributed by atoms with van der Waals surface area (Å²) in [6.45, 7) is 6.24. The Hall–Kier alpha value is -2.24. The van der Waals surface area contributed by atoms with Crippen molar-refractivity contribution in [2.45, 2.75) is 51.7 Å². The van der Waals surface area contributed by atoms with Gasteiger partial charge in [-0.15, -0.1) is 0 Å². The number of hydrazine groups is 1. The van der Waals surface area contributed by atoms with Crippen molar-refractivity contribution in [3.63, 3.8) is 0 Å². The number of piperidine rings is 1. The van der Waals surface area contributed by atoms with Crippen LogP contribution in [0.2, 0.25) is 0 Å². The zero-order valence-electron chi connectivity index (χ0n) is 17.4. The number of hydrogen-bond acceptors (Lipinski definition) is 6. The number of ether oxygens (including phenoxy) is 1. The summed E-state index contributed by atoms with van der Waals surface area (Å²) in [6.07, 6.45) is 0.690. The average Bonchev–Trinajstić information content (AvgIpc) is 2.67. The minimum absolute atomic E-state index is 0.0834. The maximum Gasteiger partial charge on any atom is 0.410 e. The molecule has 1 aliphatic heterocycles. The molecule has 0 aliphatic carbocycles. The highest BCUT2D eigenvalue weighted by molar-refractivity contribution is 7.69. The van der Waals surface area contributed by atoms with E-state index < -0.39 is 34.3 Å². The predicted octanol–water partition coefficient (Wildman–Crippen LogP) is 1.20. The fraction of sp³-hybridized carbons (Fsp3) is 0.579. The number of nitrogen functional groups attached to an aromatic ring is 1. The number of halogens is 1. The van der Waals surface area contributed by atoms with Gasteiger partial charge in [-0.1, -0.05) is 6.07 Å². The van der Waals surface area contributed by atoms with Crippen LogP contribution >= 0.6 is 0 Å². The van der Waals surface area contributed by atoms with Crippen LogP contribution in [0.1, 0.15) is 49.5 Å². The largest absolute Gasteiger partial charge is 0.444 e. The van der Waals surface area contributed by atoms with Crippen molar-refractivity contribution in [1.82, 2.24) is 14.6 Å². The van der Waals surface area contributed by atoms with E-state index in [1.165, 1.54) is 16.4 Å². The second kappa shape index (κ2) is 10.2. The van der Waals surface area contributed by atoms with Gasteiger partial charge in [-0.05, 0) is 57.7 Å². The number of carbonyl (C=O) groups is 2. The molecular formula is C19H29FN4O5S. The van der Waals surface area contributed by atoms with E-state index in [1.807, 2.05) is 5.43 Å². The van der Waals surface area contributed by atoms with Crippen LogP contribution in [-0.2, 0) is 22.0 Å². The molecule has 11 heteroatoms. The number of nitrogens with two attached hydrogens (primary N) is 1. The molecule has 30 heavy (non-hydrogen) atoms. The molecule has 9 nitrogen and oxygen atoms in total. The van der Waals surface area contributed by atoms with Gasteiger partial charge in [-0.3, -0.25) is 10.2 Å². The van der Waals surface area contributed by atoms with E-state index in [0.29, 0.717) is 31.5 Å². The Morgan fingerprint density at radius 3 is 2.43 bits per heavy atom. The quantitative estimate of drug-likeness (QED) is 0.262. The predicted molar refractivity (Wildman–Crippen MR) is 110 cm³/mol. The van der Waals surface area contributed by atoms with Gasteiger partial charge in [-0.2, -0.15) is 0 Å². The van der Waals surface area contributed by atoms with Gasteiger partial charge in [0.25, 0.3) is 5.91 Å². The van der Waals surface area contributed by atoms with Crippen molar-refractivity contribution in [2.75, 3.05) is 19.6 Å². The number of likely N-dealkylation sites (tertiary alicyclic amines) is 1. The number of nitrogens with one attached hydrogen (secondary N) is 1. The number of hydrogen-bond donors (Lipinski definition) is 3. The van der Waals surface area contributed by atoms with Gasteiger partial charge in [0.2, 0.25) is 10.9 Å². The summed E-state index contributed by atoms with van der Waals surface area (Å²) in [5.74, 6) is 3.83. The summed E-state index contributed by atoms with van der Waals surface area (Å²) >= 11 is 0. The van der Waals surface area contributed by atoms with E-state index in [0.717, 1.165) is 6.07 Å². The molecule has 0 atom stereocenters. The van der Waals surface area contributed by atoms with Crippen molar-refractivity contribution in [3.8, 4) is 0 Å². The van der Waals surface area contributed by atoms with Crippen LogP contribution in [0.25, 0.3) is 0 Å². The van der Waals surface area contributed by atoms with Crippen LogP contribution in [0.3, 0.4) is 0 Å². The van der Waals surface area contributed by atoms with Crippen molar-refractivity contribution < 1.29 is 27.1 Å². The number of carbonyl (C=O) groups excluding carboxylic acids is 2. The van der Waals surface area contributed by atoms with Crippen LogP contribution in [0.5, 0.6) is 0 Å². The van der Waals surface area contributed by atoms with Crippen molar-refractivity contribution >= 4 is 22.9 Å². The maximum absolute atomic E-state index is 14.3. The first-order valence-electron chi connectivity index (χ1n) is 9.70. The van der Waals surface area contributed by atoms with Gasteiger partial charge in [0.1, 0.15) is 11.4 Å². The molecular weight excluding hydrogens is 415 g/mol. The third-order valence-corrected chi connectivity index (χ3v) is 5.75. The normalized spacial score (nSPS) is 15.5. The molecule has 2 amide bonds. The molecule has 1 saturated heterocycles. The lowest BCUT2D eigenvalue weighted by Gasteiger charge is -2.36. The fourth-order valence-electron chi connectivity index (χ4n) is 3.28.